The molecule has 3 aromatic rings. The number of rotatable bonds is 3. The molecule has 1 amide bonds. The van der Waals surface area contributed by atoms with Gasteiger partial charge >= 0.3 is 0 Å². The SMILES string of the molecule is O=C(Cc1cccc(Cl)c1)N1CCN(c2ccc3nncn3n2)CC1. The monoisotopic (exact) mass is 356 g/mol. The smallest absolute Gasteiger partial charge is 0.227 e. The first kappa shape index (κ1) is 15.8. The van der Waals surface area contributed by atoms with Crippen LogP contribution < -0.4 is 4.90 Å². The highest BCUT2D eigenvalue weighted by Gasteiger charge is 2.22. The predicted molar refractivity (Wildman–Crippen MR) is 94.7 cm³/mol. The van der Waals surface area contributed by atoms with Gasteiger partial charge in [0.05, 0.1) is 6.42 Å². The molecule has 8 heteroatoms. The summed E-state index contributed by atoms with van der Waals surface area (Å²) in [7, 11) is 0. The van der Waals surface area contributed by atoms with Crippen molar-refractivity contribution in [2.45, 2.75) is 6.42 Å². The van der Waals surface area contributed by atoms with Crippen LogP contribution in [0.2, 0.25) is 5.02 Å². The first-order valence-corrected chi connectivity index (χ1v) is 8.51. The van der Waals surface area contributed by atoms with Crippen LogP contribution in [0.4, 0.5) is 5.82 Å². The van der Waals surface area contributed by atoms with Gasteiger partial charge in [-0.1, -0.05) is 23.7 Å². The molecule has 0 saturated carbocycles. The normalized spacial score (nSPS) is 14.9. The second-order valence-corrected chi connectivity index (χ2v) is 6.44. The van der Waals surface area contributed by atoms with Gasteiger partial charge in [0.25, 0.3) is 0 Å². The van der Waals surface area contributed by atoms with Crippen LogP contribution in [0.25, 0.3) is 5.65 Å². The number of hydrogen-bond donors (Lipinski definition) is 0. The van der Waals surface area contributed by atoms with Gasteiger partial charge in [-0.15, -0.1) is 15.3 Å². The highest BCUT2D eigenvalue weighted by Crippen LogP contribution is 2.16. The highest BCUT2D eigenvalue weighted by atomic mass is 35.5. The molecule has 1 aliphatic heterocycles. The van der Waals surface area contributed by atoms with Gasteiger partial charge in [-0.25, -0.2) is 0 Å². The Morgan fingerprint density at radius 1 is 1.12 bits per heavy atom. The second kappa shape index (κ2) is 6.68. The van der Waals surface area contributed by atoms with Crippen molar-refractivity contribution in [1.82, 2.24) is 24.7 Å². The quantitative estimate of drug-likeness (QED) is 0.714. The summed E-state index contributed by atoms with van der Waals surface area (Å²) >= 11 is 5.98. The van der Waals surface area contributed by atoms with Crippen LogP contribution in [0.3, 0.4) is 0 Å². The summed E-state index contributed by atoms with van der Waals surface area (Å²) in [5.74, 6) is 0.998. The molecule has 1 saturated heterocycles. The van der Waals surface area contributed by atoms with Gasteiger partial charge < -0.3 is 9.80 Å². The Morgan fingerprint density at radius 3 is 2.76 bits per heavy atom. The number of aromatic nitrogens is 4. The minimum atomic E-state index is 0.129. The Hall–Kier alpha value is -2.67. The molecule has 0 bridgehead atoms. The minimum Gasteiger partial charge on any atom is -0.352 e. The lowest BCUT2D eigenvalue weighted by Gasteiger charge is -2.35. The van der Waals surface area contributed by atoms with Crippen LogP contribution in [-0.4, -0.2) is 56.8 Å². The van der Waals surface area contributed by atoms with Gasteiger partial charge in [0, 0.05) is 31.2 Å². The molecular weight excluding hydrogens is 340 g/mol. The van der Waals surface area contributed by atoms with E-state index < -0.39 is 0 Å². The average molecular weight is 357 g/mol. The van der Waals surface area contributed by atoms with Gasteiger partial charge in [0.1, 0.15) is 12.1 Å². The lowest BCUT2D eigenvalue weighted by molar-refractivity contribution is -0.130. The van der Waals surface area contributed by atoms with E-state index in [2.05, 4.69) is 20.2 Å². The zero-order valence-electron chi connectivity index (χ0n) is 13.5. The Bertz CT molecular complexity index is 903. The van der Waals surface area contributed by atoms with E-state index in [4.69, 9.17) is 11.6 Å². The number of benzene rings is 1. The summed E-state index contributed by atoms with van der Waals surface area (Å²) in [6.07, 6.45) is 1.97. The summed E-state index contributed by atoms with van der Waals surface area (Å²) in [6, 6.07) is 11.3. The molecule has 1 fully saturated rings. The molecule has 0 radical (unpaired) electrons. The number of halogens is 1. The number of anilines is 1. The van der Waals surface area contributed by atoms with E-state index >= 15 is 0 Å². The third kappa shape index (κ3) is 3.41. The Balaban J connectivity index is 1.38. The zero-order chi connectivity index (χ0) is 17.2. The molecule has 128 valence electrons. The van der Waals surface area contributed by atoms with Crippen molar-refractivity contribution in [2.75, 3.05) is 31.1 Å². The van der Waals surface area contributed by atoms with Gasteiger partial charge in [0.2, 0.25) is 5.91 Å². The van der Waals surface area contributed by atoms with E-state index in [1.54, 1.807) is 10.8 Å². The standard InChI is InChI=1S/C17H17ClN6O/c18-14-3-1-2-13(10-14)11-17(25)23-8-6-22(7-9-23)16-5-4-15-20-19-12-24(15)21-16/h1-5,10,12H,6-9,11H2. The van der Waals surface area contributed by atoms with E-state index in [0.717, 1.165) is 30.1 Å². The first-order chi connectivity index (χ1) is 12.2. The summed E-state index contributed by atoms with van der Waals surface area (Å²) < 4.78 is 1.66. The molecule has 1 aliphatic rings. The molecule has 4 rings (SSSR count). The van der Waals surface area contributed by atoms with Gasteiger partial charge in [0.15, 0.2) is 5.65 Å². The molecule has 0 aliphatic carbocycles. The number of carbonyl (C=O) groups is 1. The zero-order valence-corrected chi connectivity index (χ0v) is 14.3. The summed E-state index contributed by atoms with van der Waals surface area (Å²) in [6.45, 7) is 2.87. The van der Waals surface area contributed by atoms with E-state index in [1.165, 1.54) is 0 Å². The van der Waals surface area contributed by atoms with Crippen LogP contribution in [0.1, 0.15) is 5.56 Å². The molecule has 0 atom stereocenters. The van der Waals surface area contributed by atoms with Crippen molar-refractivity contribution < 1.29 is 4.79 Å². The van der Waals surface area contributed by atoms with Crippen molar-refractivity contribution in [1.29, 1.82) is 0 Å². The maximum absolute atomic E-state index is 12.5. The topological polar surface area (TPSA) is 66.6 Å². The minimum absolute atomic E-state index is 0.129. The number of carbonyl (C=O) groups excluding carboxylic acids is 1. The number of fused-ring (bicyclic) bond motifs is 1. The molecule has 0 spiro atoms. The molecule has 2 aromatic heterocycles. The van der Waals surface area contributed by atoms with E-state index in [1.807, 2.05) is 41.3 Å². The lowest BCUT2D eigenvalue weighted by Crippen LogP contribution is -2.49. The van der Waals surface area contributed by atoms with Crippen LogP contribution in [-0.2, 0) is 11.2 Å². The fourth-order valence-electron chi connectivity index (χ4n) is 3.01. The average Bonchev–Trinajstić information content (AvgIpc) is 3.09. The van der Waals surface area contributed by atoms with Crippen LogP contribution in [0.5, 0.6) is 0 Å². The number of nitrogens with zero attached hydrogens (tertiary/aromatic N) is 6. The molecular formula is C17H17ClN6O. The summed E-state index contributed by atoms with van der Waals surface area (Å²) in [4.78, 5) is 16.6. The molecule has 0 unspecified atom stereocenters. The highest BCUT2D eigenvalue weighted by molar-refractivity contribution is 6.30. The lowest BCUT2D eigenvalue weighted by atomic mass is 10.1. The Kier molecular flexibility index (Phi) is 4.23. The van der Waals surface area contributed by atoms with Crippen molar-refractivity contribution in [3.8, 4) is 0 Å². The van der Waals surface area contributed by atoms with Gasteiger partial charge in [-0.3, -0.25) is 4.79 Å². The van der Waals surface area contributed by atoms with Gasteiger partial charge in [-0.2, -0.15) is 4.52 Å². The van der Waals surface area contributed by atoms with E-state index in [0.29, 0.717) is 24.5 Å². The molecule has 3 heterocycles. The van der Waals surface area contributed by atoms with E-state index in [-0.39, 0.29) is 5.91 Å². The van der Waals surface area contributed by atoms with Gasteiger partial charge in [-0.05, 0) is 29.8 Å². The third-order valence-corrected chi connectivity index (χ3v) is 4.58. The molecule has 25 heavy (non-hydrogen) atoms. The van der Waals surface area contributed by atoms with E-state index in [9.17, 15) is 4.79 Å². The number of amides is 1. The summed E-state index contributed by atoms with van der Waals surface area (Å²) in [5, 5.41) is 13.0. The molecule has 0 N–H and O–H groups in total. The molecule has 7 nitrogen and oxygen atoms in total. The first-order valence-electron chi connectivity index (χ1n) is 8.13. The maximum Gasteiger partial charge on any atom is 0.227 e. The second-order valence-electron chi connectivity index (χ2n) is 6.00. The van der Waals surface area contributed by atoms with Crippen LogP contribution in [0.15, 0.2) is 42.7 Å². The van der Waals surface area contributed by atoms with Crippen LogP contribution in [0, 0.1) is 0 Å². The van der Waals surface area contributed by atoms with Crippen LogP contribution >= 0.6 is 11.6 Å². The van der Waals surface area contributed by atoms with Crippen molar-refractivity contribution >= 4 is 29.0 Å². The fraction of sp³-hybridized carbons (Fsp3) is 0.294. The Morgan fingerprint density at radius 2 is 1.96 bits per heavy atom. The van der Waals surface area contributed by atoms with Crippen molar-refractivity contribution in [3.05, 3.63) is 53.3 Å². The summed E-state index contributed by atoms with van der Waals surface area (Å²) in [5.41, 5.74) is 1.67. The predicted octanol–water partition coefficient (Wildman–Crippen LogP) is 1.67. The third-order valence-electron chi connectivity index (χ3n) is 4.35. The molecule has 1 aromatic carbocycles. The largest absolute Gasteiger partial charge is 0.352 e. The number of piperazine rings is 1. The Labute approximate surface area is 149 Å². The van der Waals surface area contributed by atoms with Crippen molar-refractivity contribution in [2.24, 2.45) is 0 Å². The fourth-order valence-corrected chi connectivity index (χ4v) is 3.22. The number of hydrogen-bond acceptors (Lipinski definition) is 5. The maximum atomic E-state index is 12.5. The van der Waals surface area contributed by atoms with Crippen molar-refractivity contribution in [3.63, 3.8) is 0 Å².